The van der Waals surface area contributed by atoms with Gasteiger partial charge in [-0.3, -0.25) is 49.2 Å². The number of ether oxygens (including phenoxy) is 3. The quantitative estimate of drug-likeness (QED) is 0.00941. The maximum atomic E-state index is 14.9. The van der Waals surface area contributed by atoms with Gasteiger partial charge in [-0.15, -0.1) is 11.3 Å². The number of aromatic hydroxyl groups is 1. The third kappa shape index (κ3) is 19.9. The van der Waals surface area contributed by atoms with Gasteiger partial charge in [-0.25, -0.2) is 20.2 Å². The number of hydrogen-bond acceptors (Lipinski definition) is 19. The summed E-state index contributed by atoms with van der Waals surface area (Å²) in [6, 6.07) is 6.33. The number of thiazole rings is 1. The van der Waals surface area contributed by atoms with Crippen LogP contribution < -0.4 is 21.5 Å². The Morgan fingerprint density at radius 2 is 1.73 bits per heavy atom. The van der Waals surface area contributed by atoms with Crippen molar-refractivity contribution in [2.24, 2.45) is 17.8 Å². The number of hydrogen-bond donors (Lipinski definition) is 5. The molecule has 1 aliphatic rings. The number of benzene rings is 1. The molecule has 1 aliphatic heterocycles. The zero-order valence-corrected chi connectivity index (χ0v) is 46.2. The molecule has 3 aromatic rings. The fourth-order valence-electron chi connectivity index (χ4n) is 8.20. The highest BCUT2D eigenvalue weighted by atomic mass is 33.1. The second kappa shape index (κ2) is 31.1. The number of phenols is 1. The zero-order valence-electron chi connectivity index (χ0n) is 43.7. The lowest BCUT2D eigenvalue weighted by Crippen LogP contribution is -2.59. The van der Waals surface area contributed by atoms with Crippen LogP contribution in [-0.4, -0.2) is 128 Å². The molecular weight excluding hydrogens is 1030 g/mol. The third-order valence-electron chi connectivity index (χ3n) is 12.5. The normalized spacial score (nSPS) is 16.0. The highest BCUT2D eigenvalue weighted by Crippen LogP contribution is 2.35. The van der Waals surface area contributed by atoms with Crippen molar-refractivity contribution >= 4 is 80.3 Å². The van der Waals surface area contributed by atoms with E-state index < -0.39 is 83.6 Å². The van der Waals surface area contributed by atoms with Crippen LogP contribution >= 0.6 is 32.9 Å². The van der Waals surface area contributed by atoms with Gasteiger partial charge in [0, 0.05) is 61.2 Å². The van der Waals surface area contributed by atoms with Gasteiger partial charge in [0.2, 0.25) is 17.7 Å². The summed E-state index contributed by atoms with van der Waals surface area (Å²) in [5.74, 6) is -4.18. The summed E-state index contributed by atoms with van der Waals surface area (Å²) in [7, 11) is 4.14. The minimum absolute atomic E-state index is 0.0100. The number of pyridine rings is 1. The predicted octanol–water partition coefficient (Wildman–Crippen LogP) is 6.88. The zero-order chi connectivity index (χ0) is 55.2. The molecule has 1 fully saturated rings. The van der Waals surface area contributed by atoms with Crippen molar-refractivity contribution in [1.29, 1.82) is 0 Å². The number of aromatic nitrogens is 2. The molecule has 412 valence electrons. The van der Waals surface area contributed by atoms with Crippen molar-refractivity contribution in [3.05, 3.63) is 74.4 Å². The summed E-state index contributed by atoms with van der Waals surface area (Å²) in [4.78, 5) is 117. The minimum Gasteiger partial charge on any atom is -0.508 e. The number of nitro groups is 1. The van der Waals surface area contributed by atoms with Crippen molar-refractivity contribution in [3.63, 3.8) is 0 Å². The van der Waals surface area contributed by atoms with Gasteiger partial charge in [0.15, 0.2) is 17.9 Å². The number of nitrogens with one attached hydrogen (secondary N) is 4. The molecule has 7 atom stereocenters. The molecular formula is C50H71N9O13S3. The van der Waals surface area contributed by atoms with Crippen LogP contribution in [0.15, 0.2) is 53.0 Å². The van der Waals surface area contributed by atoms with Crippen LogP contribution in [-0.2, 0) is 44.6 Å². The van der Waals surface area contributed by atoms with E-state index in [0.29, 0.717) is 19.3 Å². The molecule has 0 spiro atoms. The Morgan fingerprint density at radius 1 is 1.00 bits per heavy atom. The molecule has 0 saturated carbocycles. The molecule has 0 bridgehead atoms. The molecule has 5 amide bonds. The summed E-state index contributed by atoms with van der Waals surface area (Å²) in [5, 5.41) is 29.1. The van der Waals surface area contributed by atoms with Gasteiger partial charge in [-0.2, -0.15) is 0 Å². The van der Waals surface area contributed by atoms with Crippen molar-refractivity contribution in [2.45, 2.75) is 142 Å². The lowest BCUT2D eigenvalue weighted by Gasteiger charge is -2.39. The number of amides is 5. The molecule has 22 nitrogen and oxygen atoms in total. The lowest BCUT2D eigenvalue weighted by molar-refractivity contribution is -0.388. The van der Waals surface area contributed by atoms with E-state index in [-0.39, 0.29) is 83.0 Å². The molecule has 25 heteroatoms. The van der Waals surface area contributed by atoms with E-state index >= 15 is 0 Å². The standard InChI is InChI=1S/C50H71N9O13S3/c1-9-14-42(62)71-29-58(49(66)43(31(5)10-2)54-46(65)38-15-11-12-22-57(38)8)40(30(3)4)27-41(72-33(7)60)48-53-37(28-73-48)45(64)52-35(26-34-17-19-36(61)20-18-34)25-32(6)44(63)55-56-50(67)70-23-24-74-75-47-39(59(68)69)16-13-21-51-47/h13,16-21,28,30-32,35,38,40-41,43,61H,9-12,14-15,22-27,29H2,1-8H3,(H,52,64)(H,54,65)(H,55,63)(H,56,67)/t31?,32-,35+,38+,40-,41+,43-/m0/s1. The number of nitrogens with zero attached hydrogens (tertiary/aromatic N) is 5. The van der Waals surface area contributed by atoms with Crippen molar-refractivity contribution in [2.75, 3.05) is 32.7 Å². The monoisotopic (exact) mass is 1100 g/mol. The first kappa shape index (κ1) is 61.5. The second-order valence-electron chi connectivity index (χ2n) is 18.7. The SMILES string of the molecule is CCCC(=O)OCN(C(=O)[C@@H](NC(=O)[C@H]1CCCCN1C)C(C)CC)[C@@H](C[C@@H](OC(C)=O)c1nc(C(=O)N[C@@H](Cc2ccc(O)cc2)C[C@H](C)C(=O)NNC(=O)OCCSSc2ncccc2[N+](=O)[O-])cs1)C(C)C. The van der Waals surface area contributed by atoms with Crippen molar-refractivity contribution in [3.8, 4) is 5.75 Å². The smallest absolute Gasteiger partial charge is 0.426 e. The number of piperidine rings is 1. The van der Waals surface area contributed by atoms with Crippen LogP contribution in [0, 0.1) is 27.9 Å². The van der Waals surface area contributed by atoms with E-state index in [1.54, 1.807) is 19.1 Å². The molecule has 4 rings (SSSR count). The van der Waals surface area contributed by atoms with E-state index in [1.807, 2.05) is 46.6 Å². The number of hydrazine groups is 1. The van der Waals surface area contributed by atoms with Crippen LogP contribution in [0.3, 0.4) is 0 Å². The summed E-state index contributed by atoms with van der Waals surface area (Å²) >= 11 is 1.06. The van der Waals surface area contributed by atoms with Gasteiger partial charge in [0.1, 0.15) is 29.1 Å². The molecule has 3 heterocycles. The molecule has 5 N–H and O–H groups in total. The van der Waals surface area contributed by atoms with Crippen molar-refractivity contribution < 1.29 is 57.8 Å². The van der Waals surface area contributed by atoms with E-state index in [2.05, 4.69) is 31.5 Å². The fourth-order valence-corrected chi connectivity index (χ4v) is 10.9. The average Bonchev–Trinajstić information content (AvgIpc) is 3.88. The lowest BCUT2D eigenvalue weighted by atomic mass is 9.92. The second-order valence-corrected chi connectivity index (χ2v) is 22.0. The number of carbonyl (C=O) groups excluding carboxylic acids is 7. The van der Waals surface area contributed by atoms with Crippen LogP contribution in [0.1, 0.15) is 127 Å². The van der Waals surface area contributed by atoms with Crippen LogP contribution in [0.4, 0.5) is 10.5 Å². The molecule has 75 heavy (non-hydrogen) atoms. The third-order valence-corrected chi connectivity index (χ3v) is 15.7. The highest BCUT2D eigenvalue weighted by Gasteiger charge is 2.39. The van der Waals surface area contributed by atoms with Crippen molar-refractivity contribution in [1.82, 2.24) is 41.3 Å². The number of likely N-dealkylation sites (N-methyl/N-ethyl adjacent to an activating group) is 1. The first-order valence-electron chi connectivity index (χ1n) is 25.0. The number of phenolic OH excluding ortho intramolecular Hbond substituents is 1. The van der Waals surface area contributed by atoms with Crippen LogP contribution in [0.25, 0.3) is 0 Å². The Morgan fingerprint density at radius 3 is 2.39 bits per heavy atom. The molecule has 1 aromatic carbocycles. The first-order valence-corrected chi connectivity index (χ1v) is 28.2. The molecule has 0 aliphatic carbocycles. The first-order chi connectivity index (χ1) is 35.7. The molecule has 1 saturated heterocycles. The van der Waals surface area contributed by atoms with Gasteiger partial charge in [0.25, 0.3) is 5.91 Å². The van der Waals surface area contributed by atoms with E-state index in [1.165, 1.54) is 58.5 Å². The Labute approximate surface area is 449 Å². The van der Waals surface area contributed by atoms with Gasteiger partial charge in [0.05, 0.1) is 11.0 Å². The topological polar surface area (TPSA) is 291 Å². The Bertz CT molecular complexity index is 2400. The molecule has 0 radical (unpaired) electrons. The maximum Gasteiger partial charge on any atom is 0.426 e. The molecule has 2 aromatic heterocycles. The molecule has 1 unspecified atom stereocenters. The van der Waals surface area contributed by atoms with E-state index in [9.17, 15) is 48.8 Å². The Balaban J connectivity index is 1.49. The van der Waals surface area contributed by atoms with E-state index in [0.717, 1.165) is 47.1 Å². The number of likely N-dealkylation sites (tertiary alicyclic amines) is 1. The van der Waals surface area contributed by atoms with Gasteiger partial charge in [-0.05, 0) is 92.1 Å². The van der Waals surface area contributed by atoms with Gasteiger partial charge >= 0.3 is 23.7 Å². The Hall–Kier alpha value is -6.05. The number of rotatable bonds is 28. The fraction of sp³-hybridized carbons (Fsp3) is 0.580. The van der Waals surface area contributed by atoms with Crippen LogP contribution in [0.2, 0.25) is 0 Å². The number of carbonyl (C=O) groups is 7. The van der Waals surface area contributed by atoms with E-state index in [4.69, 9.17) is 14.2 Å². The highest BCUT2D eigenvalue weighted by molar-refractivity contribution is 8.76. The Kier molecular flexibility index (Phi) is 25.5. The minimum atomic E-state index is -1.07. The maximum absolute atomic E-state index is 14.9. The summed E-state index contributed by atoms with van der Waals surface area (Å²) in [6.45, 7) is 12.5. The summed E-state index contributed by atoms with van der Waals surface area (Å²) < 4.78 is 16.7. The van der Waals surface area contributed by atoms with Gasteiger partial charge in [-0.1, -0.05) is 77.3 Å². The summed E-state index contributed by atoms with van der Waals surface area (Å²) in [6.07, 6.45) is 3.41. The van der Waals surface area contributed by atoms with Gasteiger partial charge < -0.3 is 34.9 Å². The number of esters is 2. The largest absolute Gasteiger partial charge is 0.508 e. The summed E-state index contributed by atoms with van der Waals surface area (Å²) in [5.41, 5.74) is 5.09. The average molecular weight is 1100 g/mol. The van der Waals surface area contributed by atoms with Crippen LogP contribution in [0.5, 0.6) is 5.75 Å². The predicted molar refractivity (Wildman–Crippen MR) is 283 cm³/mol.